The molecule has 26 heavy (non-hydrogen) atoms. The van der Waals surface area contributed by atoms with Crippen molar-refractivity contribution in [3.05, 3.63) is 92.7 Å². The van der Waals surface area contributed by atoms with Gasteiger partial charge in [-0.05, 0) is 54.6 Å². The molecule has 0 radical (unpaired) electrons. The van der Waals surface area contributed by atoms with Crippen molar-refractivity contribution in [3.63, 3.8) is 0 Å². The SMILES string of the molecule is Fc1ccc(NCc2cc(Cl)ccc2OCc2ccc(Cl)cc2Cl)cc1. The summed E-state index contributed by atoms with van der Waals surface area (Å²) in [6.45, 7) is 0.789. The molecule has 3 rings (SSSR count). The van der Waals surface area contributed by atoms with Crippen molar-refractivity contribution in [1.82, 2.24) is 0 Å². The maximum absolute atomic E-state index is 13.0. The second-order valence-electron chi connectivity index (χ2n) is 5.64. The number of halogens is 4. The zero-order chi connectivity index (χ0) is 18.5. The van der Waals surface area contributed by atoms with Gasteiger partial charge in [0.25, 0.3) is 0 Å². The van der Waals surface area contributed by atoms with Crippen LogP contribution in [-0.2, 0) is 13.2 Å². The van der Waals surface area contributed by atoms with Crippen LogP contribution in [0.3, 0.4) is 0 Å². The molecule has 0 fully saturated rings. The molecule has 134 valence electrons. The summed E-state index contributed by atoms with van der Waals surface area (Å²) in [5.74, 6) is 0.414. The molecule has 0 spiro atoms. The van der Waals surface area contributed by atoms with Gasteiger partial charge in [-0.25, -0.2) is 4.39 Å². The first-order valence-electron chi connectivity index (χ1n) is 7.86. The fourth-order valence-corrected chi connectivity index (χ4v) is 3.04. The number of anilines is 1. The van der Waals surface area contributed by atoms with E-state index in [2.05, 4.69) is 5.32 Å². The van der Waals surface area contributed by atoms with Gasteiger partial charge in [0.15, 0.2) is 0 Å². The van der Waals surface area contributed by atoms with E-state index in [1.165, 1.54) is 12.1 Å². The van der Waals surface area contributed by atoms with Crippen LogP contribution in [-0.4, -0.2) is 0 Å². The van der Waals surface area contributed by atoms with Gasteiger partial charge in [0.2, 0.25) is 0 Å². The largest absolute Gasteiger partial charge is 0.488 e. The Balaban J connectivity index is 1.71. The van der Waals surface area contributed by atoms with E-state index in [4.69, 9.17) is 39.5 Å². The topological polar surface area (TPSA) is 21.3 Å². The fourth-order valence-electron chi connectivity index (χ4n) is 2.39. The lowest BCUT2D eigenvalue weighted by atomic mass is 10.2. The van der Waals surface area contributed by atoms with Crippen LogP contribution in [0.5, 0.6) is 5.75 Å². The molecule has 0 saturated heterocycles. The van der Waals surface area contributed by atoms with E-state index in [0.717, 1.165) is 16.8 Å². The fraction of sp³-hybridized carbons (Fsp3) is 0.100. The van der Waals surface area contributed by atoms with Crippen molar-refractivity contribution in [1.29, 1.82) is 0 Å². The molecule has 0 amide bonds. The van der Waals surface area contributed by atoms with Gasteiger partial charge < -0.3 is 10.1 Å². The number of benzene rings is 3. The number of hydrogen-bond acceptors (Lipinski definition) is 2. The van der Waals surface area contributed by atoms with Crippen LogP contribution in [0.2, 0.25) is 15.1 Å². The molecule has 0 aliphatic rings. The first-order valence-corrected chi connectivity index (χ1v) is 8.99. The lowest BCUT2D eigenvalue weighted by Crippen LogP contribution is -2.04. The van der Waals surface area contributed by atoms with Crippen LogP contribution in [0.15, 0.2) is 60.7 Å². The first-order chi connectivity index (χ1) is 12.5. The van der Waals surface area contributed by atoms with Gasteiger partial charge in [-0.2, -0.15) is 0 Å². The number of nitrogens with one attached hydrogen (secondary N) is 1. The summed E-state index contributed by atoms with van der Waals surface area (Å²) in [4.78, 5) is 0. The predicted octanol–water partition coefficient (Wildman–Crippen LogP) is 6.98. The molecule has 0 aliphatic heterocycles. The summed E-state index contributed by atoms with van der Waals surface area (Å²) < 4.78 is 18.9. The van der Waals surface area contributed by atoms with E-state index in [1.807, 2.05) is 18.2 Å². The third-order valence-corrected chi connectivity index (χ3v) is 4.57. The molecule has 0 heterocycles. The number of rotatable bonds is 6. The monoisotopic (exact) mass is 409 g/mol. The smallest absolute Gasteiger partial charge is 0.124 e. The molecule has 0 aliphatic carbocycles. The highest BCUT2D eigenvalue weighted by Gasteiger charge is 2.08. The maximum atomic E-state index is 13.0. The van der Waals surface area contributed by atoms with E-state index < -0.39 is 0 Å². The minimum atomic E-state index is -0.276. The average Bonchev–Trinajstić information content (AvgIpc) is 2.62. The molecular weight excluding hydrogens is 396 g/mol. The van der Waals surface area contributed by atoms with Gasteiger partial charge in [-0.15, -0.1) is 0 Å². The molecule has 0 bridgehead atoms. The van der Waals surface area contributed by atoms with Gasteiger partial charge in [0, 0.05) is 38.4 Å². The molecule has 0 atom stereocenters. The highest BCUT2D eigenvalue weighted by molar-refractivity contribution is 6.35. The molecule has 6 heteroatoms. The summed E-state index contributed by atoms with van der Waals surface area (Å²) in [5.41, 5.74) is 2.52. The van der Waals surface area contributed by atoms with Crippen molar-refractivity contribution in [2.24, 2.45) is 0 Å². The third-order valence-electron chi connectivity index (χ3n) is 3.75. The molecule has 0 saturated carbocycles. The van der Waals surface area contributed by atoms with Gasteiger partial charge >= 0.3 is 0 Å². The van der Waals surface area contributed by atoms with Crippen LogP contribution in [0, 0.1) is 5.82 Å². The van der Waals surface area contributed by atoms with Crippen LogP contribution in [0.4, 0.5) is 10.1 Å². The van der Waals surface area contributed by atoms with Crippen molar-refractivity contribution >= 4 is 40.5 Å². The summed E-state index contributed by atoms with van der Waals surface area (Å²) in [7, 11) is 0. The molecule has 0 unspecified atom stereocenters. The highest BCUT2D eigenvalue weighted by Crippen LogP contribution is 2.27. The van der Waals surface area contributed by atoms with Crippen LogP contribution >= 0.6 is 34.8 Å². The minimum Gasteiger partial charge on any atom is -0.488 e. The second kappa shape index (κ2) is 8.63. The van der Waals surface area contributed by atoms with E-state index >= 15 is 0 Å². The Labute approximate surface area is 166 Å². The Bertz CT molecular complexity index is 900. The second-order valence-corrected chi connectivity index (χ2v) is 6.92. The zero-order valence-electron chi connectivity index (χ0n) is 13.6. The van der Waals surface area contributed by atoms with Crippen molar-refractivity contribution < 1.29 is 9.13 Å². The quantitative estimate of drug-likeness (QED) is 0.473. The molecule has 3 aromatic carbocycles. The third kappa shape index (κ3) is 5.04. The van der Waals surface area contributed by atoms with Crippen LogP contribution in [0.25, 0.3) is 0 Å². The normalized spacial score (nSPS) is 10.6. The summed E-state index contributed by atoms with van der Waals surface area (Å²) >= 11 is 18.2. The van der Waals surface area contributed by atoms with E-state index in [1.54, 1.807) is 30.3 Å². The Morgan fingerprint density at radius 1 is 0.808 bits per heavy atom. The van der Waals surface area contributed by atoms with E-state index in [9.17, 15) is 4.39 Å². The Morgan fingerprint density at radius 3 is 2.23 bits per heavy atom. The molecule has 0 aromatic heterocycles. The lowest BCUT2D eigenvalue weighted by molar-refractivity contribution is 0.303. The van der Waals surface area contributed by atoms with Gasteiger partial charge in [-0.1, -0.05) is 40.9 Å². The summed E-state index contributed by atoms with van der Waals surface area (Å²) in [6, 6.07) is 16.8. The molecular formula is C20H15Cl3FNO. The number of hydrogen-bond donors (Lipinski definition) is 1. The lowest BCUT2D eigenvalue weighted by Gasteiger charge is -2.14. The number of ether oxygens (including phenoxy) is 1. The summed E-state index contributed by atoms with van der Waals surface area (Å²) in [5, 5.41) is 4.96. The van der Waals surface area contributed by atoms with E-state index in [0.29, 0.717) is 34.0 Å². The molecule has 2 nitrogen and oxygen atoms in total. The first kappa shape index (κ1) is 18.8. The van der Waals surface area contributed by atoms with Crippen molar-refractivity contribution in [2.45, 2.75) is 13.2 Å². The Kier molecular flexibility index (Phi) is 6.25. The van der Waals surface area contributed by atoms with Gasteiger partial charge in [0.05, 0.1) is 0 Å². The average molecular weight is 411 g/mol. The zero-order valence-corrected chi connectivity index (χ0v) is 15.9. The van der Waals surface area contributed by atoms with Gasteiger partial charge in [-0.3, -0.25) is 0 Å². The van der Waals surface area contributed by atoms with Crippen molar-refractivity contribution in [2.75, 3.05) is 5.32 Å². The predicted molar refractivity (Wildman–Crippen MR) is 106 cm³/mol. The Morgan fingerprint density at radius 2 is 1.50 bits per heavy atom. The van der Waals surface area contributed by atoms with Crippen LogP contribution in [0.1, 0.15) is 11.1 Å². The molecule has 3 aromatic rings. The standard InChI is InChI=1S/C20H15Cl3FNO/c21-15-3-8-20(26-12-13-1-2-16(22)10-19(13)23)14(9-15)11-25-18-6-4-17(24)5-7-18/h1-10,25H,11-12H2. The van der Waals surface area contributed by atoms with Crippen molar-refractivity contribution in [3.8, 4) is 5.75 Å². The highest BCUT2D eigenvalue weighted by atomic mass is 35.5. The maximum Gasteiger partial charge on any atom is 0.124 e. The Hall–Kier alpha value is -1.94. The van der Waals surface area contributed by atoms with E-state index in [-0.39, 0.29) is 5.82 Å². The van der Waals surface area contributed by atoms with Crippen LogP contribution < -0.4 is 10.1 Å². The van der Waals surface area contributed by atoms with Gasteiger partial charge in [0.1, 0.15) is 18.2 Å². The summed E-state index contributed by atoms with van der Waals surface area (Å²) in [6.07, 6.45) is 0. The minimum absolute atomic E-state index is 0.276. The molecule has 1 N–H and O–H groups in total.